The van der Waals surface area contributed by atoms with Crippen molar-refractivity contribution in [2.45, 2.75) is 25.9 Å². The number of sulfonamides is 1. The lowest BCUT2D eigenvalue weighted by Crippen LogP contribution is -2.34. The maximum absolute atomic E-state index is 12.9. The Balaban J connectivity index is 1.83. The fourth-order valence-corrected chi connectivity index (χ4v) is 4.89. The van der Waals surface area contributed by atoms with Crippen LogP contribution in [0.1, 0.15) is 28.4 Å². The average molecular weight is 388 g/mol. The Morgan fingerprint density at radius 1 is 1.26 bits per heavy atom. The van der Waals surface area contributed by atoms with Crippen LogP contribution in [0.4, 0.5) is 5.69 Å². The molecule has 1 amide bonds. The van der Waals surface area contributed by atoms with Crippen LogP contribution in [0.15, 0.2) is 42.5 Å². The molecule has 0 saturated heterocycles. The first kappa shape index (κ1) is 19.2. The molecule has 0 unspecified atom stereocenters. The third kappa shape index (κ3) is 3.78. The van der Waals surface area contributed by atoms with Crippen LogP contribution in [-0.4, -0.2) is 45.7 Å². The van der Waals surface area contributed by atoms with Crippen LogP contribution in [0.5, 0.6) is 5.75 Å². The van der Waals surface area contributed by atoms with Crippen molar-refractivity contribution in [3.8, 4) is 5.75 Å². The quantitative estimate of drug-likeness (QED) is 0.790. The number of benzene rings is 2. The van der Waals surface area contributed by atoms with Gasteiger partial charge in [-0.3, -0.25) is 9.10 Å². The molecule has 0 radical (unpaired) electrons. The zero-order valence-corrected chi connectivity index (χ0v) is 16.8. The van der Waals surface area contributed by atoms with E-state index >= 15 is 0 Å². The Hall–Kier alpha value is -2.54. The molecule has 1 aliphatic rings. The summed E-state index contributed by atoms with van der Waals surface area (Å²) in [4.78, 5) is 14.5. The van der Waals surface area contributed by atoms with E-state index in [9.17, 15) is 13.2 Å². The van der Waals surface area contributed by atoms with Gasteiger partial charge in [0.2, 0.25) is 10.0 Å². The summed E-state index contributed by atoms with van der Waals surface area (Å²) in [5.41, 5.74) is 3.01. The highest BCUT2D eigenvalue weighted by Gasteiger charge is 2.33. The third-order valence-electron chi connectivity index (χ3n) is 4.78. The number of para-hydroxylation sites is 1. The van der Waals surface area contributed by atoms with Crippen LogP contribution >= 0.6 is 0 Å². The molecule has 144 valence electrons. The second-order valence-electron chi connectivity index (χ2n) is 6.93. The molecular formula is C20H24N2O4S. The first-order chi connectivity index (χ1) is 12.7. The number of methoxy groups -OCH3 is 1. The average Bonchev–Trinajstić information content (AvgIpc) is 2.96. The SMILES string of the molecule is COc1ccccc1CN(C)C(=O)c1ccc2c(c1)C[C@H](C)N2S(C)(=O)=O. The molecule has 1 atom stereocenters. The zero-order chi connectivity index (χ0) is 19.8. The van der Waals surface area contributed by atoms with Crippen molar-refractivity contribution in [3.05, 3.63) is 59.2 Å². The van der Waals surface area contributed by atoms with E-state index in [1.807, 2.05) is 31.2 Å². The lowest BCUT2D eigenvalue weighted by molar-refractivity contribution is 0.0784. The summed E-state index contributed by atoms with van der Waals surface area (Å²) in [7, 11) is 0.0116. The van der Waals surface area contributed by atoms with E-state index in [4.69, 9.17) is 4.74 Å². The van der Waals surface area contributed by atoms with Crippen LogP contribution in [-0.2, 0) is 23.0 Å². The minimum atomic E-state index is -3.34. The van der Waals surface area contributed by atoms with Crippen LogP contribution in [0.25, 0.3) is 0 Å². The van der Waals surface area contributed by atoms with E-state index in [1.165, 1.54) is 10.6 Å². The third-order valence-corrected chi connectivity index (χ3v) is 6.05. The van der Waals surface area contributed by atoms with E-state index in [0.717, 1.165) is 16.9 Å². The number of carbonyl (C=O) groups excluding carboxylic acids is 1. The molecule has 0 aromatic heterocycles. The number of hydrogen-bond donors (Lipinski definition) is 0. The van der Waals surface area contributed by atoms with E-state index in [2.05, 4.69) is 0 Å². The van der Waals surface area contributed by atoms with Crippen molar-refractivity contribution in [2.24, 2.45) is 0 Å². The van der Waals surface area contributed by atoms with Gasteiger partial charge >= 0.3 is 0 Å². The summed E-state index contributed by atoms with van der Waals surface area (Å²) in [6.07, 6.45) is 1.80. The first-order valence-electron chi connectivity index (χ1n) is 8.72. The smallest absolute Gasteiger partial charge is 0.253 e. The highest BCUT2D eigenvalue weighted by Crippen LogP contribution is 2.35. The highest BCUT2D eigenvalue weighted by molar-refractivity contribution is 7.92. The predicted molar refractivity (Wildman–Crippen MR) is 106 cm³/mol. The lowest BCUT2D eigenvalue weighted by Gasteiger charge is -2.22. The summed E-state index contributed by atoms with van der Waals surface area (Å²) >= 11 is 0. The van der Waals surface area contributed by atoms with Crippen molar-refractivity contribution >= 4 is 21.6 Å². The predicted octanol–water partition coefficient (Wildman–Crippen LogP) is 2.68. The lowest BCUT2D eigenvalue weighted by atomic mass is 10.1. The summed E-state index contributed by atoms with van der Waals surface area (Å²) in [6, 6.07) is 12.7. The molecule has 0 bridgehead atoms. The second-order valence-corrected chi connectivity index (χ2v) is 8.79. The van der Waals surface area contributed by atoms with Gasteiger partial charge in [0.1, 0.15) is 5.75 Å². The van der Waals surface area contributed by atoms with Crippen molar-refractivity contribution in [3.63, 3.8) is 0 Å². The van der Waals surface area contributed by atoms with Gasteiger partial charge in [0.15, 0.2) is 0 Å². The van der Waals surface area contributed by atoms with Crippen molar-refractivity contribution in [2.75, 3.05) is 24.7 Å². The van der Waals surface area contributed by atoms with Gasteiger partial charge in [-0.05, 0) is 43.2 Å². The Morgan fingerprint density at radius 3 is 2.63 bits per heavy atom. The Morgan fingerprint density at radius 2 is 1.96 bits per heavy atom. The number of carbonyl (C=O) groups is 1. The molecule has 0 fully saturated rings. The van der Waals surface area contributed by atoms with Gasteiger partial charge in [0, 0.05) is 30.8 Å². The molecule has 27 heavy (non-hydrogen) atoms. The molecule has 3 rings (SSSR count). The van der Waals surface area contributed by atoms with Gasteiger partial charge in [-0.2, -0.15) is 0 Å². The van der Waals surface area contributed by atoms with Gasteiger partial charge < -0.3 is 9.64 Å². The van der Waals surface area contributed by atoms with E-state index in [1.54, 1.807) is 37.3 Å². The molecule has 7 heteroatoms. The van der Waals surface area contributed by atoms with Gasteiger partial charge in [-0.25, -0.2) is 8.42 Å². The van der Waals surface area contributed by atoms with Crippen LogP contribution in [0.3, 0.4) is 0 Å². The number of nitrogens with zero attached hydrogens (tertiary/aromatic N) is 2. The minimum Gasteiger partial charge on any atom is -0.496 e. The van der Waals surface area contributed by atoms with Crippen molar-refractivity contribution < 1.29 is 17.9 Å². The zero-order valence-electron chi connectivity index (χ0n) is 16.0. The topological polar surface area (TPSA) is 66.9 Å². The first-order valence-corrected chi connectivity index (χ1v) is 10.6. The molecule has 6 nitrogen and oxygen atoms in total. The number of fused-ring (bicyclic) bond motifs is 1. The van der Waals surface area contributed by atoms with Crippen molar-refractivity contribution in [1.82, 2.24) is 4.90 Å². The monoisotopic (exact) mass is 388 g/mol. The largest absolute Gasteiger partial charge is 0.496 e. The molecule has 0 saturated carbocycles. The highest BCUT2D eigenvalue weighted by atomic mass is 32.2. The number of hydrogen-bond acceptors (Lipinski definition) is 4. The molecule has 1 aliphatic heterocycles. The molecule has 2 aromatic carbocycles. The van der Waals surface area contributed by atoms with Gasteiger partial charge in [-0.1, -0.05) is 18.2 Å². The number of amides is 1. The van der Waals surface area contributed by atoms with Gasteiger partial charge in [-0.15, -0.1) is 0 Å². The van der Waals surface area contributed by atoms with Gasteiger partial charge in [0.25, 0.3) is 5.91 Å². The Bertz CT molecular complexity index is 972. The number of anilines is 1. The fraction of sp³-hybridized carbons (Fsp3) is 0.350. The molecular weight excluding hydrogens is 364 g/mol. The van der Waals surface area contributed by atoms with Crippen molar-refractivity contribution in [1.29, 1.82) is 0 Å². The molecule has 0 aliphatic carbocycles. The molecule has 0 N–H and O–H groups in total. The summed E-state index contributed by atoms with van der Waals surface area (Å²) < 4.78 is 30.8. The number of rotatable bonds is 5. The number of ether oxygens (including phenoxy) is 1. The van der Waals surface area contributed by atoms with Crippen LogP contribution in [0, 0.1) is 0 Å². The summed E-state index contributed by atoms with van der Waals surface area (Å²) in [5, 5.41) is 0. The summed E-state index contributed by atoms with van der Waals surface area (Å²) in [6.45, 7) is 2.29. The molecule has 1 heterocycles. The summed E-state index contributed by atoms with van der Waals surface area (Å²) in [5.74, 6) is 0.623. The van der Waals surface area contributed by atoms with E-state index in [0.29, 0.717) is 24.2 Å². The van der Waals surface area contributed by atoms with E-state index in [-0.39, 0.29) is 11.9 Å². The van der Waals surface area contributed by atoms with Gasteiger partial charge in [0.05, 0.1) is 19.1 Å². The van der Waals surface area contributed by atoms with E-state index < -0.39 is 10.0 Å². The normalized spacial score (nSPS) is 16.1. The fourth-order valence-electron chi connectivity index (χ4n) is 3.62. The van der Waals surface area contributed by atoms with Crippen LogP contribution < -0.4 is 9.04 Å². The second kappa shape index (κ2) is 7.23. The standard InChI is InChI=1S/C20H24N2O4S/c1-14-11-17-12-15(9-10-18(17)22(14)27(4,24)25)20(23)21(2)13-16-7-5-6-8-19(16)26-3/h5-10,12,14H,11,13H2,1-4H3/t14-/m0/s1. The maximum Gasteiger partial charge on any atom is 0.253 e. The van der Waals surface area contributed by atoms with Crippen LogP contribution in [0.2, 0.25) is 0 Å². The Labute approximate surface area is 160 Å². The molecule has 2 aromatic rings. The minimum absolute atomic E-state index is 0.117. The Kier molecular flexibility index (Phi) is 5.15. The molecule has 0 spiro atoms. The maximum atomic E-state index is 12.9.